The van der Waals surface area contributed by atoms with Gasteiger partial charge in [-0.1, -0.05) is 24.3 Å². The lowest BCUT2D eigenvalue weighted by molar-refractivity contribution is -0.0812. The van der Waals surface area contributed by atoms with Crippen LogP contribution in [0.5, 0.6) is 0 Å². The number of pyridine rings is 1. The van der Waals surface area contributed by atoms with E-state index in [9.17, 15) is 13.2 Å². The Morgan fingerprint density at radius 1 is 1.10 bits per heavy atom. The molecule has 30 heavy (non-hydrogen) atoms. The molecule has 154 valence electrons. The molecule has 3 aromatic rings. The van der Waals surface area contributed by atoms with Gasteiger partial charge in [-0.15, -0.1) is 5.10 Å². The van der Waals surface area contributed by atoms with Crippen molar-refractivity contribution >= 4 is 28.3 Å². The van der Waals surface area contributed by atoms with Crippen molar-refractivity contribution in [3.8, 4) is 0 Å². The molecule has 6 nitrogen and oxygen atoms in total. The Bertz CT molecular complexity index is 1150. The van der Waals surface area contributed by atoms with Crippen molar-refractivity contribution in [2.45, 2.75) is 31.4 Å². The van der Waals surface area contributed by atoms with Crippen LogP contribution in [0.15, 0.2) is 59.7 Å². The molecule has 0 amide bonds. The maximum Gasteiger partial charge on any atom is 0.470 e. The summed E-state index contributed by atoms with van der Waals surface area (Å²) in [6, 6.07) is 16.2. The van der Waals surface area contributed by atoms with Crippen molar-refractivity contribution in [1.82, 2.24) is 9.99 Å². The molecule has 0 radical (unpaired) electrons. The van der Waals surface area contributed by atoms with Crippen molar-refractivity contribution in [1.29, 1.82) is 0 Å². The maximum absolute atomic E-state index is 13.3. The zero-order valence-electron chi connectivity index (χ0n) is 15.7. The number of aryl methyl sites for hydroxylation is 1. The number of benzene rings is 2. The number of nitrogens with two attached hydrogens (primary N) is 1. The van der Waals surface area contributed by atoms with E-state index in [4.69, 9.17) is 10.5 Å². The third-order valence-electron chi connectivity index (χ3n) is 5.33. The highest BCUT2D eigenvalue weighted by molar-refractivity contribution is 5.84. The van der Waals surface area contributed by atoms with Crippen LogP contribution in [0.25, 0.3) is 10.9 Å². The van der Waals surface area contributed by atoms with Crippen LogP contribution >= 0.6 is 0 Å². The normalized spacial score (nSPS) is 20.8. The highest BCUT2D eigenvalue weighted by Crippen LogP contribution is 2.40. The van der Waals surface area contributed by atoms with Crippen LogP contribution in [0.2, 0.25) is 0 Å². The first kappa shape index (κ1) is 18.5. The van der Waals surface area contributed by atoms with Crippen molar-refractivity contribution in [3.63, 3.8) is 0 Å². The predicted molar refractivity (Wildman–Crippen MR) is 107 cm³/mol. The van der Waals surface area contributed by atoms with Gasteiger partial charge in [0.1, 0.15) is 5.82 Å². The molecule has 0 saturated heterocycles. The van der Waals surface area contributed by atoms with Crippen LogP contribution in [0.3, 0.4) is 0 Å². The van der Waals surface area contributed by atoms with Crippen LogP contribution in [0.1, 0.15) is 23.6 Å². The zero-order valence-corrected chi connectivity index (χ0v) is 15.7. The van der Waals surface area contributed by atoms with Gasteiger partial charge in [0, 0.05) is 11.1 Å². The number of aromatic nitrogens is 1. The summed E-state index contributed by atoms with van der Waals surface area (Å²) in [4.78, 5) is 4.23. The minimum absolute atomic E-state index is 0.305. The van der Waals surface area contributed by atoms with E-state index in [0.29, 0.717) is 23.4 Å². The highest BCUT2D eigenvalue weighted by atomic mass is 19.4. The summed E-state index contributed by atoms with van der Waals surface area (Å²) in [6.07, 6.45) is -4.31. The molecule has 2 aliphatic rings. The molecule has 0 bridgehead atoms. The molecule has 9 heteroatoms. The van der Waals surface area contributed by atoms with Crippen molar-refractivity contribution < 1.29 is 17.9 Å². The van der Waals surface area contributed by atoms with E-state index in [0.717, 1.165) is 22.9 Å². The standard InChI is InChI=1S/C21H18F3N5O/c22-21(23,24)19-28-29(17-9-5-12-3-1-2-4-15(12)17)20(30-19)26-14-7-8-16-13(11-14)6-10-18(25)27-16/h1-4,6-8,10-11,17,20,26H,5,9H2,(H2,25,27). The quantitative estimate of drug-likeness (QED) is 0.665. The van der Waals surface area contributed by atoms with Gasteiger partial charge >= 0.3 is 12.1 Å². The number of nitrogens with zero attached hydrogens (tertiary/aromatic N) is 3. The lowest BCUT2D eigenvalue weighted by atomic mass is 10.1. The zero-order chi connectivity index (χ0) is 20.9. The molecule has 1 aliphatic carbocycles. The van der Waals surface area contributed by atoms with Gasteiger partial charge in [-0.2, -0.15) is 13.2 Å². The smallest absolute Gasteiger partial charge is 0.429 e. The van der Waals surface area contributed by atoms with E-state index in [2.05, 4.69) is 15.4 Å². The molecule has 0 spiro atoms. The Balaban J connectivity index is 1.46. The lowest BCUT2D eigenvalue weighted by Crippen LogP contribution is -2.38. The molecule has 1 aromatic heterocycles. The van der Waals surface area contributed by atoms with Gasteiger partial charge in [0.2, 0.25) is 0 Å². The number of hydrogen-bond donors (Lipinski definition) is 2. The van der Waals surface area contributed by atoms with Crippen LogP contribution < -0.4 is 11.1 Å². The van der Waals surface area contributed by atoms with Crippen LogP contribution in [0, 0.1) is 0 Å². The average Bonchev–Trinajstić information content (AvgIpc) is 3.32. The Morgan fingerprint density at radius 3 is 2.77 bits per heavy atom. The number of nitrogens with one attached hydrogen (secondary N) is 1. The van der Waals surface area contributed by atoms with Gasteiger partial charge in [-0.25, -0.2) is 9.99 Å². The number of hydrogen-bond acceptors (Lipinski definition) is 6. The lowest BCUT2D eigenvalue weighted by Gasteiger charge is -2.29. The molecule has 1 aliphatic heterocycles. The molecule has 2 atom stereocenters. The van der Waals surface area contributed by atoms with Crippen molar-refractivity contribution in [2.75, 3.05) is 11.1 Å². The molecule has 2 heterocycles. The first-order valence-corrected chi connectivity index (χ1v) is 9.50. The van der Waals surface area contributed by atoms with E-state index >= 15 is 0 Å². The minimum atomic E-state index is -4.67. The number of anilines is 2. The Labute approximate surface area is 170 Å². The van der Waals surface area contributed by atoms with Gasteiger partial charge < -0.3 is 15.8 Å². The second kappa shape index (κ2) is 6.79. The summed E-state index contributed by atoms with van der Waals surface area (Å²) in [5.41, 5.74) is 9.08. The van der Waals surface area contributed by atoms with E-state index in [1.165, 1.54) is 5.01 Å². The number of nitrogen functional groups attached to an aromatic ring is 1. The highest BCUT2D eigenvalue weighted by Gasteiger charge is 2.48. The molecular weight excluding hydrogens is 395 g/mol. The number of ether oxygens (including phenoxy) is 1. The van der Waals surface area contributed by atoms with Gasteiger partial charge in [0.05, 0.1) is 11.6 Å². The first-order valence-electron chi connectivity index (χ1n) is 9.50. The summed E-state index contributed by atoms with van der Waals surface area (Å²) < 4.78 is 45.2. The van der Waals surface area contributed by atoms with Crippen molar-refractivity contribution in [2.24, 2.45) is 5.10 Å². The number of halogens is 3. The monoisotopic (exact) mass is 413 g/mol. The maximum atomic E-state index is 13.3. The predicted octanol–water partition coefficient (Wildman–Crippen LogP) is 4.41. The van der Waals surface area contributed by atoms with E-state index in [1.54, 1.807) is 30.3 Å². The van der Waals surface area contributed by atoms with Gasteiger partial charge in [0.25, 0.3) is 6.35 Å². The summed E-state index contributed by atoms with van der Waals surface area (Å²) in [5.74, 6) is -0.851. The molecular formula is C21H18F3N5O. The largest absolute Gasteiger partial charge is 0.470 e. The number of alkyl halides is 3. The first-order chi connectivity index (χ1) is 14.4. The third kappa shape index (κ3) is 3.26. The second-order valence-corrected chi connectivity index (χ2v) is 7.29. The fourth-order valence-corrected chi connectivity index (χ4v) is 3.98. The Morgan fingerprint density at radius 2 is 1.93 bits per heavy atom. The Kier molecular flexibility index (Phi) is 4.19. The third-order valence-corrected chi connectivity index (χ3v) is 5.33. The van der Waals surface area contributed by atoms with Crippen LogP contribution in [-0.4, -0.2) is 28.4 Å². The molecule has 3 N–H and O–H groups in total. The van der Waals surface area contributed by atoms with Crippen molar-refractivity contribution in [3.05, 3.63) is 65.7 Å². The van der Waals surface area contributed by atoms with Crippen LogP contribution in [0.4, 0.5) is 24.7 Å². The number of fused-ring (bicyclic) bond motifs is 2. The SMILES string of the molecule is Nc1ccc2cc(NC3OC(C(F)(F)F)=NN3C3CCc4ccccc43)ccc2n1. The molecule has 0 fully saturated rings. The Hall–Kier alpha value is -3.49. The molecule has 2 unspecified atom stereocenters. The van der Waals surface area contributed by atoms with Gasteiger partial charge in [-0.05, 0) is 54.3 Å². The van der Waals surface area contributed by atoms with E-state index < -0.39 is 18.4 Å². The van der Waals surface area contributed by atoms with E-state index in [1.807, 2.05) is 24.3 Å². The number of rotatable bonds is 3. The molecule has 5 rings (SSSR count). The molecule has 0 saturated carbocycles. The summed E-state index contributed by atoms with van der Waals surface area (Å²) in [5, 5.41) is 9.02. The van der Waals surface area contributed by atoms with Crippen LogP contribution in [-0.2, 0) is 11.2 Å². The summed E-state index contributed by atoms with van der Waals surface area (Å²) in [7, 11) is 0. The fraction of sp³-hybridized carbons (Fsp3) is 0.238. The van der Waals surface area contributed by atoms with E-state index in [-0.39, 0.29) is 6.04 Å². The number of hydrazone groups is 1. The summed E-state index contributed by atoms with van der Waals surface area (Å²) >= 11 is 0. The summed E-state index contributed by atoms with van der Waals surface area (Å²) in [6.45, 7) is 0. The van der Waals surface area contributed by atoms with Gasteiger partial charge in [-0.3, -0.25) is 0 Å². The van der Waals surface area contributed by atoms with Gasteiger partial charge in [0.15, 0.2) is 0 Å². The minimum Gasteiger partial charge on any atom is -0.429 e. The molecule has 2 aromatic carbocycles. The topological polar surface area (TPSA) is 75.8 Å². The average molecular weight is 413 g/mol. The second-order valence-electron chi connectivity index (χ2n) is 7.29. The fourth-order valence-electron chi connectivity index (χ4n) is 3.98.